The number of piperazine rings is 1. The average Bonchev–Trinajstić information content (AvgIpc) is 2.34. The molecule has 1 aliphatic rings. The number of alkyl halides is 2. The van der Waals surface area contributed by atoms with E-state index in [1.54, 1.807) is 11.0 Å². The van der Waals surface area contributed by atoms with Crippen LogP contribution in [0.15, 0.2) is 21.1 Å². The minimum Gasteiger partial charge on any atom is -0.508 e. The second-order valence-electron chi connectivity index (χ2n) is 4.39. The summed E-state index contributed by atoms with van der Waals surface area (Å²) in [7, 11) is 0. The Bertz CT molecular complexity index is 430. The Morgan fingerprint density at radius 1 is 1.21 bits per heavy atom. The number of phenolic OH excluding ortho intramolecular Hbond substituents is 1. The van der Waals surface area contributed by atoms with E-state index in [0.29, 0.717) is 35.1 Å². The molecule has 0 unspecified atom stereocenters. The molecule has 1 aromatic carbocycles. The Hall–Kier alpha value is -0.240. The molecule has 2 N–H and O–H groups in total. The van der Waals surface area contributed by atoms with Crippen molar-refractivity contribution < 1.29 is 13.9 Å². The predicted molar refractivity (Wildman–Crippen MR) is 76.7 cm³/mol. The molecule has 2 rings (SSSR count). The third-order valence-corrected chi connectivity index (χ3v) is 4.27. The van der Waals surface area contributed by atoms with Crippen LogP contribution in [0.25, 0.3) is 0 Å². The molecule has 1 saturated heterocycles. The van der Waals surface area contributed by atoms with Crippen molar-refractivity contribution in [3.63, 3.8) is 0 Å². The van der Waals surface area contributed by atoms with Crippen molar-refractivity contribution in [3.05, 3.63) is 26.6 Å². The van der Waals surface area contributed by atoms with Crippen molar-refractivity contribution in [3.8, 4) is 5.75 Å². The lowest BCUT2D eigenvalue weighted by atomic mass is 10.0. The zero-order chi connectivity index (χ0) is 14.0. The number of rotatable bonds is 3. The van der Waals surface area contributed by atoms with Crippen LogP contribution in [0, 0.1) is 0 Å². The molecule has 7 heteroatoms. The van der Waals surface area contributed by atoms with Crippen LogP contribution in [0.2, 0.25) is 0 Å². The third-order valence-electron chi connectivity index (χ3n) is 3.15. The number of hydrogen-bond donors (Lipinski definition) is 2. The number of aromatic hydroxyl groups is 1. The minimum absolute atomic E-state index is 0.120. The van der Waals surface area contributed by atoms with Crippen LogP contribution in [0.1, 0.15) is 11.6 Å². The molecule has 1 atom stereocenters. The summed E-state index contributed by atoms with van der Waals surface area (Å²) < 4.78 is 28.0. The first-order chi connectivity index (χ1) is 9.00. The third kappa shape index (κ3) is 3.45. The van der Waals surface area contributed by atoms with E-state index in [0.717, 1.165) is 0 Å². The lowest BCUT2D eigenvalue weighted by molar-refractivity contribution is 0.0166. The molecule has 0 bridgehead atoms. The molecule has 0 radical (unpaired) electrons. The summed E-state index contributed by atoms with van der Waals surface area (Å²) in [5.41, 5.74) is 0.250. The zero-order valence-corrected chi connectivity index (χ0v) is 13.2. The topological polar surface area (TPSA) is 35.5 Å². The highest BCUT2D eigenvalue weighted by Crippen LogP contribution is 2.40. The molecular formula is C12H14Br2F2N2O. The smallest absolute Gasteiger partial charge is 0.258 e. The molecule has 0 spiro atoms. The van der Waals surface area contributed by atoms with E-state index < -0.39 is 12.5 Å². The maximum absolute atomic E-state index is 13.4. The lowest BCUT2D eigenvalue weighted by Gasteiger charge is -2.35. The maximum Gasteiger partial charge on any atom is 0.258 e. The molecule has 0 saturated carbocycles. The van der Waals surface area contributed by atoms with Crippen molar-refractivity contribution in [2.45, 2.75) is 12.5 Å². The molecule has 0 aliphatic carbocycles. The molecule has 1 fully saturated rings. The Morgan fingerprint density at radius 2 is 1.84 bits per heavy atom. The Kier molecular flexibility index (Phi) is 5.16. The van der Waals surface area contributed by atoms with Crippen LogP contribution in [-0.2, 0) is 0 Å². The number of nitrogens with one attached hydrogen (secondary N) is 1. The molecule has 3 nitrogen and oxygen atoms in total. The van der Waals surface area contributed by atoms with Gasteiger partial charge in [-0.15, -0.1) is 0 Å². The van der Waals surface area contributed by atoms with Gasteiger partial charge < -0.3 is 10.4 Å². The van der Waals surface area contributed by atoms with Gasteiger partial charge in [-0.2, -0.15) is 0 Å². The van der Waals surface area contributed by atoms with Gasteiger partial charge in [-0.1, -0.05) is 31.9 Å². The monoisotopic (exact) mass is 398 g/mol. The van der Waals surface area contributed by atoms with Gasteiger partial charge in [0.15, 0.2) is 0 Å². The summed E-state index contributed by atoms with van der Waals surface area (Å²) in [6, 6.07) is 2.02. The van der Waals surface area contributed by atoms with Gasteiger partial charge in [-0.05, 0) is 12.1 Å². The summed E-state index contributed by atoms with van der Waals surface area (Å²) in [4.78, 5) is 1.70. The second kappa shape index (κ2) is 6.47. The molecule has 0 amide bonds. The van der Waals surface area contributed by atoms with E-state index in [4.69, 9.17) is 0 Å². The number of halogens is 4. The Morgan fingerprint density at radius 3 is 2.37 bits per heavy atom. The van der Waals surface area contributed by atoms with E-state index in [1.165, 1.54) is 6.07 Å². The Balaban J connectivity index is 2.38. The summed E-state index contributed by atoms with van der Waals surface area (Å²) in [6.07, 6.45) is -2.55. The van der Waals surface area contributed by atoms with Crippen molar-refractivity contribution in [1.82, 2.24) is 10.2 Å². The van der Waals surface area contributed by atoms with Crippen LogP contribution in [0.4, 0.5) is 8.78 Å². The standard InChI is InChI=1S/C12H14Br2F2N2O/c13-7-5-8(14)10(9(19)6-7)11(12(15)16)18-3-1-17-2-4-18/h5-6,11-12,17,19H,1-4H2/t11-/m0/s1. The number of nitrogens with zero attached hydrogens (tertiary/aromatic N) is 1. The zero-order valence-electron chi connectivity index (χ0n) is 10.0. The van der Waals surface area contributed by atoms with Crippen LogP contribution < -0.4 is 5.32 Å². The van der Waals surface area contributed by atoms with Gasteiger partial charge >= 0.3 is 0 Å². The molecule has 1 aliphatic heterocycles. The normalized spacial score (nSPS) is 18.8. The highest BCUT2D eigenvalue weighted by Gasteiger charge is 2.33. The van der Waals surface area contributed by atoms with Gasteiger partial charge in [0.05, 0.1) is 0 Å². The largest absolute Gasteiger partial charge is 0.508 e. The number of benzene rings is 1. The summed E-state index contributed by atoms with van der Waals surface area (Å²) in [5.74, 6) is -0.120. The Labute approximate surface area is 127 Å². The van der Waals surface area contributed by atoms with Crippen LogP contribution >= 0.6 is 31.9 Å². The van der Waals surface area contributed by atoms with Crippen LogP contribution in [0.3, 0.4) is 0 Å². The minimum atomic E-state index is -2.55. The summed E-state index contributed by atoms with van der Waals surface area (Å²) in [6.45, 7) is 2.43. The molecule has 1 heterocycles. The predicted octanol–water partition coefficient (Wildman–Crippen LogP) is 3.13. The number of phenols is 1. The molecular weight excluding hydrogens is 386 g/mol. The lowest BCUT2D eigenvalue weighted by Crippen LogP contribution is -2.47. The van der Waals surface area contributed by atoms with Crippen molar-refractivity contribution in [2.75, 3.05) is 26.2 Å². The van der Waals surface area contributed by atoms with E-state index in [-0.39, 0.29) is 11.3 Å². The summed E-state index contributed by atoms with van der Waals surface area (Å²) >= 11 is 6.50. The van der Waals surface area contributed by atoms with Gasteiger partial charge in [0, 0.05) is 40.7 Å². The highest BCUT2D eigenvalue weighted by atomic mass is 79.9. The fourth-order valence-corrected chi connectivity index (χ4v) is 3.73. The van der Waals surface area contributed by atoms with E-state index in [2.05, 4.69) is 37.2 Å². The van der Waals surface area contributed by atoms with Gasteiger partial charge in [0.2, 0.25) is 0 Å². The van der Waals surface area contributed by atoms with Crippen LogP contribution in [0.5, 0.6) is 5.75 Å². The van der Waals surface area contributed by atoms with Gasteiger partial charge in [-0.25, -0.2) is 8.78 Å². The van der Waals surface area contributed by atoms with Crippen molar-refractivity contribution in [1.29, 1.82) is 0 Å². The average molecular weight is 400 g/mol. The molecule has 0 aromatic heterocycles. The number of hydrogen-bond acceptors (Lipinski definition) is 3. The fourth-order valence-electron chi connectivity index (χ4n) is 2.29. The first-order valence-corrected chi connectivity index (χ1v) is 7.50. The highest BCUT2D eigenvalue weighted by molar-refractivity contribution is 9.11. The quantitative estimate of drug-likeness (QED) is 0.819. The van der Waals surface area contributed by atoms with Crippen LogP contribution in [-0.4, -0.2) is 42.6 Å². The van der Waals surface area contributed by atoms with Crippen molar-refractivity contribution >= 4 is 31.9 Å². The van der Waals surface area contributed by atoms with E-state index in [1.807, 2.05) is 0 Å². The van der Waals surface area contributed by atoms with Gasteiger partial charge in [0.25, 0.3) is 6.43 Å². The molecule has 106 valence electrons. The van der Waals surface area contributed by atoms with Gasteiger partial charge in [0.1, 0.15) is 11.8 Å². The summed E-state index contributed by atoms with van der Waals surface area (Å²) in [5, 5.41) is 13.1. The first-order valence-electron chi connectivity index (χ1n) is 5.91. The fraction of sp³-hybridized carbons (Fsp3) is 0.500. The maximum atomic E-state index is 13.4. The molecule has 1 aromatic rings. The van der Waals surface area contributed by atoms with Crippen molar-refractivity contribution in [2.24, 2.45) is 0 Å². The molecule has 19 heavy (non-hydrogen) atoms. The first kappa shape index (κ1) is 15.2. The SMILES string of the molecule is Oc1cc(Br)cc(Br)c1[C@@H](C(F)F)N1CCNCC1. The second-order valence-corrected chi connectivity index (χ2v) is 6.16. The van der Waals surface area contributed by atoms with E-state index >= 15 is 0 Å². The van der Waals surface area contributed by atoms with E-state index in [9.17, 15) is 13.9 Å². The van der Waals surface area contributed by atoms with Gasteiger partial charge in [-0.3, -0.25) is 4.90 Å².